The predicted octanol–water partition coefficient (Wildman–Crippen LogP) is 3.42. The minimum atomic E-state index is -3.66. The van der Waals surface area contributed by atoms with Gasteiger partial charge in [0.25, 0.3) is 0 Å². The molecule has 0 spiro atoms. The lowest BCUT2D eigenvalue weighted by atomic mass is 10.0. The van der Waals surface area contributed by atoms with Crippen LogP contribution in [0.2, 0.25) is 10.0 Å². The Labute approximate surface area is 122 Å². The third kappa shape index (κ3) is 2.94. The number of hydrogen-bond donors (Lipinski definition) is 1. The average molecular weight is 332 g/mol. The van der Waals surface area contributed by atoms with Crippen LogP contribution in [0.25, 0.3) is 0 Å². The molecule has 0 saturated heterocycles. The van der Waals surface area contributed by atoms with Gasteiger partial charge in [0.2, 0.25) is 0 Å². The second-order valence-electron chi connectivity index (χ2n) is 3.98. The molecule has 0 aliphatic heterocycles. The molecule has 0 radical (unpaired) electrons. The topological polar surface area (TPSA) is 54.4 Å². The summed E-state index contributed by atoms with van der Waals surface area (Å²) in [4.78, 5) is 0. The van der Waals surface area contributed by atoms with E-state index < -0.39 is 20.1 Å². The van der Waals surface area contributed by atoms with E-state index in [9.17, 15) is 13.5 Å². The van der Waals surface area contributed by atoms with E-state index in [1.807, 2.05) is 0 Å². The summed E-state index contributed by atoms with van der Waals surface area (Å²) >= 11 is 17.7. The van der Waals surface area contributed by atoms with Crippen molar-refractivity contribution in [1.82, 2.24) is 0 Å². The summed E-state index contributed by atoms with van der Waals surface area (Å²) in [6.45, 7) is 1.58. The molecule has 0 heterocycles. The SMILES string of the molecule is CCC(Cl)(C(O)c1ccc(Cl)cc1Cl)S(C)(=O)=O. The molecule has 1 N–H and O–H groups in total. The number of sulfone groups is 1. The zero-order chi connectivity index (χ0) is 14.1. The van der Waals surface area contributed by atoms with Crippen LogP contribution in [0.1, 0.15) is 25.0 Å². The molecule has 1 aromatic rings. The molecule has 0 amide bonds. The standard InChI is InChI=1S/C11H13Cl3O3S/c1-3-11(14,18(2,16)17)10(15)8-5-4-7(12)6-9(8)13/h4-6,10,15H,3H2,1-2H3. The van der Waals surface area contributed by atoms with Gasteiger partial charge in [0.15, 0.2) is 14.0 Å². The number of halogens is 3. The van der Waals surface area contributed by atoms with Gasteiger partial charge in [-0.3, -0.25) is 0 Å². The number of rotatable bonds is 4. The smallest absolute Gasteiger partial charge is 0.175 e. The molecule has 18 heavy (non-hydrogen) atoms. The molecule has 0 saturated carbocycles. The second kappa shape index (κ2) is 5.55. The number of alkyl halides is 1. The first-order valence-corrected chi connectivity index (χ1v) is 8.17. The van der Waals surface area contributed by atoms with Crippen LogP contribution >= 0.6 is 34.8 Å². The van der Waals surface area contributed by atoms with Gasteiger partial charge in [-0.1, -0.05) is 47.8 Å². The van der Waals surface area contributed by atoms with E-state index in [1.54, 1.807) is 6.92 Å². The summed E-state index contributed by atoms with van der Waals surface area (Å²) in [7, 11) is -3.66. The van der Waals surface area contributed by atoms with Crippen LogP contribution in [-0.4, -0.2) is 24.0 Å². The maximum Gasteiger partial charge on any atom is 0.175 e. The van der Waals surface area contributed by atoms with Crippen LogP contribution in [-0.2, 0) is 9.84 Å². The van der Waals surface area contributed by atoms with Gasteiger partial charge in [-0.05, 0) is 18.6 Å². The van der Waals surface area contributed by atoms with Crippen molar-refractivity contribution in [3.63, 3.8) is 0 Å². The molecular formula is C11H13Cl3O3S. The fourth-order valence-corrected chi connectivity index (χ4v) is 3.30. The lowest BCUT2D eigenvalue weighted by Crippen LogP contribution is -2.38. The highest BCUT2D eigenvalue weighted by Crippen LogP contribution is 2.42. The highest BCUT2D eigenvalue weighted by Gasteiger charge is 2.45. The molecule has 0 aliphatic rings. The van der Waals surface area contributed by atoms with Crippen molar-refractivity contribution in [3.05, 3.63) is 33.8 Å². The van der Waals surface area contributed by atoms with Gasteiger partial charge in [-0.25, -0.2) is 8.42 Å². The van der Waals surface area contributed by atoms with Crippen LogP contribution in [0.5, 0.6) is 0 Å². The van der Waals surface area contributed by atoms with Crippen molar-refractivity contribution < 1.29 is 13.5 Å². The first kappa shape index (κ1) is 16.1. The Bertz CT molecular complexity index is 544. The second-order valence-corrected chi connectivity index (χ2v) is 8.00. The fraction of sp³-hybridized carbons (Fsp3) is 0.455. The fourth-order valence-electron chi connectivity index (χ4n) is 1.61. The molecule has 7 heteroatoms. The van der Waals surface area contributed by atoms with E-state index in [-0.39, 0.29) is 17.0 Å². The van der Waals surface area contributed by atoms with E-state index in [2.05, 4.69) is 0 Å². The van der Waals surface area contributed by atoms with Crippen LogP contribution < -0.4 is 0 Å². The summed E-state index contributed by atoms with van der Waals surface area (Å²) in [5, 5.41) is 10.8. The summed E-state index contributed by atoms with van der Waals surface area (Å²) in [6.07, 6.45) is -0.395. The molecule has 2 atom stereocenters. The van der Waals surface area contributed by atoms with Crippen LogP contribution in [0.3, 0.4) is 0 Å². The molecule has 0 aromatic heterocycles. The Morgan fingerprint density at radius 2 is 1.94 bits per heavy atom. The number of aliphatic hydroxyl groups excluding tert-OH is 1. The van der Waals surface area contributed by atoms with Crippen LogP contribution in [0.4, 0.5) is 0 Å². The molecule has 0 fully saturated rings. The van der Waals surface area contributed by atoms with Crippen molar-refractivity contribution in [1.29, 1.82) is 0 Å². The maximum atomic E-state index is 11.7. The quantitative estimate of drug-likeness (QED) is 0.860. The lowest BCUT2D eigenvalue weighted by Gasteiger charge is -2.30. The predicted molar refractivity (Wildman–Crippen MR) is 75.1 cm³/mol. The van der Waals surface area contributed by atoms with E-state index >= 15 is 0 Å². The molecule has 0 bridgehead atoms. The number of hydrogen-bond acceptors (Lipinski definition) is 3. The van der Waals surface area contributed by atoms with Gasteiger partial charge >= 0.3 is 0 Å². The molecule has 1 aromatic carbocycles. The first-order valence-electron chi connectivity index (χ1n) is 5.15. The minimum absolute atomic E-state index is 0.0491. The summed E-state index contributed by atoms with van der Waals surface area (Å²) in [5.74, 6) is 0. The van der Waals surface area contributed by atoms with Gasteiger partial charge < -0.3 is 5.11 Å². The van der Waals surface area contributed by atoms with E-state index in [0.29, 0.717) is 5.02 Å². The minimum Gasteiger partial charge on any atom is -0.385 e. The van der Waals surface area contributed by atoms with Gasteiger partial charge in [0.1, 0.15) is 6.10 Å². The molecule has 3 nitrogen and oxygen atoms in total. The largest absolute Gasteiger partial charge is 0.385 e. The van der Waals surface area contributed by atoms with Crippen LogP contribution in [0, 0.1) is 0 Å². The van der Waals surface area contributed by atoms with Crippen LogP contribution in [0.15, 0.2) is 18.2 Å². The molecule has 0 aliphatic carbocycles. The Balaban J connectivity index is 3.32. The van der Waals surface area contributed by atoms with E-state index in [0.717, 1.165) is 6.26 Å². The van der Waals surface area contributed by atoms with E-state index in [4.69, 9.17) is 34.8 Å². The van der Waals surface area contributed by atoms with Crippen molar-refractivity contribution in [2.45, 2.75) is 23.7 Å². The molecule has 1 rings (SSSR count). The normalized spacial score (nSPS) is 17.2. The third-order valence-electron chi connectivity index (χ3n) is 2.76. The monoisotopic (exact) mass is 330 g/mol. The molecular weight excluding hydrogens is 319 g/mol. The summed E-state index contributed by atoms with van der Waals surface area (Å²) < 4.78 is 21.6. The van der Waals surface area contributed by atoms with Gasteiger partial charge in [0.05, 0.1) is 0 Å². The average Bonchev–Trinajstić information content (AvgIpc) is 2.25. The molecule has 102 valence electrons. The van der Waals surface area contributed by atoms with Gasteiger partial charge in [-0.2, -0.15) is 0 Å². The first-order chi connectivity index (χ1) is 8.13. The Kier molecular flexibility index (Phi) is 4.95. The van der Waals surface area contributed by atoms with E-state index in [1.165, 1.54) is 18.2 Å². The summed E-state index contributed by atoms with van der Waals surface area (Å²) in [6, 6.07) is 4.41. The zero-order valence-corrected chi connectivity index (χ0v) is 12.9. The Morgan fingerprint density at radius 3 is 2.33 bits per heavy atom. The number of aliphatic hydroxyl groups is 1. The third-order valence-corrected chi connectivity index (χ3v) is 6.39. The molecule has 2 unspecified atom stereocenters. The van der Waals surface area contributed by atoms with Crippen molar-refractivity contribution in [2.75, 3.05) is 6.26 Å². The maximum absolute atomic E-state index is 11.7. The van der Waals surface area contributed by atoms with Crippen molar-refractivity contribution in [3.8, 4) is 0 Å². The van der Waals surface area contributed by atoms with Crippen molar-refractivity contribution in [2.24, 2.45) is 0 Å². The highest BCUT2D eigenvalue weighted by atomic mass is 35.5. The highest BCUT2D eigenvalue weighted by molar-refractivity contribution is 7.93. The lowest BCUT2D eigenvalue weighted by molar-refractivity contribution is 0.155. The number of benzene rings is 1. The Hall–Kier alpha value is -0.000000000000000111. The zero-order valence-electron chi connectivity index (χ0n) is 9.82. The van der Waals surface area contributed by atoms with Gasteiger partial charge in [0, 0.05) is 21.9 Å². The van der Waals surface area contributed by atoms with Crippen molar-refractivity contribution >= 4 is 44.6 Å². The van der Waals surface area contributed by atoms with Gasteiger partial charge in [-0.15, -0.1) is 0 Å². The summed E-state index contributed by atoms with van der Waals surface area (Å²) in [5.41, 5.74) is 0.239. The Morgan fingerprint density at radius 1 is 1.39 bits per heavy atom.